The van der Waals surface area contributed by atoms with Crippen LogP contribution in [0, 0.1) is 0 Å². The van der Waals surface area contributed by atoms with E-state index in [1.165, 1.54) is 0 Å². The molecule has 3 nitrogen and oxygen atoms in total. The molecule has 0 aliphatic heterocycles. The highest BCUT2D eigenvalue weighted by atomic mass is 32.1. The zero-order valence-corrected chi connectivity index (χ0v) is 10.3. The van der Waals surface area contributed by atoms with Crippen molar-refractivity contribution in [3.8, 4) is 0 Å². The summed E-state index contributed by atoms with van der Waals surface area (Å²) in [6.07, 6.45) is 5.39. The number of rotatable bonds is 1. The van der Waals surface area contributed by atoms with Gasteiger partial charge < -0.3 is 0 Å². The number of ketones is 1. The number of Topliss-reactive ketones (excluding diaryl/α,β-unsaturated/α-hetero) is 1. The fraction of sp³-hybridized carbons (Fsp3) is 0.231. The molecule has 0 radical (unpaired) electrons. The van der Waals surface area contributed by atoms with Crippen molar-refractivity contribution in [1.82, 2.24) is 9.78 Å². The molecule has 2 heterocycles. The molecule has 1 aliphatic rings. The number of thiophene rings is 1. The van der Waals surface area contributed by atoms with Crippen LogP contribution in [0.2, 0.25) is 0 Å². The molecule has 86 valence electrons. The van der Waals surface area contributed by atoms with Gasteiger partial charge in [-0.25, -0.2) is 0 Å². The highest BCUT2D eigenvalue weighted by molar-refractivity contribution is 7.10. The maximum atomic E-state index is 12.2. The van der Waals surface area contributed by atoms with Crippen LogP contribution in [0.1, 0.15) is 27.3 Å². The van der Waals surface area contributed by atoms with Crippen LogP contribution in [0.4, 0.5) is 0 Å². The van der Waals surface area contributed by atoms with E-state index >= 15 is 0 Å². The first-order chi connectivity index (χ1) is 8.25. The molecule has 4 heteroatoms. The van der Waals surface area contributed by atoms with Crippen molar-refractivity contribution in [3.63, 3.8) is 0 Å². The predicted octanol–water partition coefficient (Wildman–Crippen LogP) is 2.69. The quantitative estimate of drug-likeness (QED) is 0.723. The Hall–Kier alpha value is -1.68. The van der Waals surface area contributed by atoms with Crippen molar-refractivity contribution in [2.45, 2.75) is 12.8 Å². The summed E-state index contributed by atoms with van der Waals surface area (Å²) in [5, 5.41) is 6.17. The van der Waals surface area contributed by atoms with Gasteiger partial charge in [-0.1, -0.05) is 6.07 Å². The Morgan fingerprint density at radius 1 is 1.47 bits per heavy atom. The van der Waals surface area contributed by atoms with Crippen molar-refractivity contribution in [2.24, 2.45) is 7.05 Å². The molecule has 0 saturated heterocycles. The van der Waals surface area contributed by atoms with Crippen LogP contribution in [-0.2, 0) is 13.5 Å². The minimum Gasteiger partial charge on any atom is -0.289 e. The molecule has 0 spiro atoms. The Morgan fingerprint density at radius 3 is 3.12 bits per heavy atom. The maximum Gasteiger partial charge on any atom is 0.192 e. The highest BCUT2D eigenvalue weighted by Crippen LogP contribution is 2.26. The lowest BCUT2D eigenvalue weighted by Crippen LogP contribution is -2.14. The molecular formula is C13H12N2OS. The van der Waals surface area contributed by atoms with Crippen molar-refractivity contribution in [1.29, 1.82) is 0 Å². The Bertz CT molecular complexity index is 593. The number of hydrogen-bond acceptors (Lipinski definition) is 3. The number of hydrogen-bond donors (Lipinski definition) is 0. The van der Waals surface area contributed by atoms with Gasteiger partial charge in [0.25, 0.3) is 0 Å². The Kier molecular flexibility index (Phi) is 2.44. The molecule has 0 unspecified atom stereocenters. The van der Waals surface area contributed by atoms with E-state index < -0.39 is 0 Å². The van der Waals surface area contributed by atoms with Gasteiger partial charge in [0, 0.05) is 23.2 Å². The molecule has 0 N–H and O–H groups in total. The number of allylic oxidation sites excluding steroid dienone is 1. The molecule has 0 fully saturated rings. The Balaban J connectivity index is 2.00. The van der Waals surface area contributed by atoms with Crippen LogP contribution in [0.5, 0.6) is 0 Å². The number of aryl methyl sites for hydroxylation is 1. The van der Waals surface area contributed by atoms with E-state index in [0.29, 0.717) is 0 Å². The lowest BCUT2D eigenvalue weighted by Gasteiger charge is -2.14. The molecule has 0 bridgehead atoms. The van der Waals surface area contributed by atoms with Crippen LogP contribution in [-0.4, -0.2) is 15.6 Å². The van der Waals surface area contributed by atoms with Crippen molar-refractivity contribution in [2.75, 3.05) is 0 Å². The van der Waals surface area contributed by atoms with Crippen LogP contribution in [0.15, 0.2) is 29.3 Å². The molecule has 2 aromatic rings. The van der Waals surface area contributed by atoms with Crippen molar-refractivity contribution < 1.29 is 4.79 Å². The summed E-state index contributed by atoms with van der Waals surface area (Å²) in [6, 6.07) is 4.03. The molecule has 0 amide bonds. The molecular weight excluding hydrogens is 232 g/mol. The van der Waals surface area contributed by atoms with E-state index in [9.17, 15) is 4.79 Å². The molecule has 0 aromatic carbocycles. The summed E-state index contributed by atoms with van der Waals surface area (Å²) >= 11 is 1.66. The summed E-state index contributed by atoms with van der Waals surface area (Å²) < 4.78 is 1.80. The van der Waals surface area contributed by atoms with E-state index in [2.05, 4.69) is 5.10 Å². The number of nitrogens with zero attached hydrogens (tertiary/aromatic N) is 2. The van der Waals surface area contributed by atoms with Crippen LogP contribution in [0.25, 0.3) is 6.08 Å². The van der Waals surface area contributed by atoms with Gasteiger partial charge in [-0.2, -0.15) is 5.10 Å². The average molecular weight is 244 g/mol. The zero-order chi connectivity index (χ0) is 11.8. The first-order valence-corrected chi connectivity index (χ1v) is 6.43. The summed E-state index contributed by atoms with van der Waals surface area (Å²) in [5.74, 6) is 0.132. The van der Waals surface area contributed by atoms with Gasteiger partial charge in [0.1, 0.15) is 0 Å². The lowest BCUT2D eigenvalue weighted by atomic mass is 9.91. The maximum absolute atomic E-state index is 12.2. The minimum atomic E-state index is 0.132. The van der Waals surface area contributed by atoms with Crippen LogP contribution < -0.4 is 0 Å². The predicted molar refractivity (Wildman–Crippen MR) is 68.2 cm³/mol. The van der Waals surface area contributed by atoms with Gasteiger partial charge in [-0.15, -0.1) is 11.3 Å². The molecule has 0 saturated carbocycles. The number of fused-ring (bicyclic) bond motifs is 1. The Labute approximate surface area is 103 Å². The van der Waals surface area contributed by atoms with Crippen molar-refractivity contribution in [3.05, 3.63) is 45.4 Å². The molecule has 2 aromatic heterocycles. The molecule has 1 aliphatic carbocycles. The Morgan fingerprint density at radius 2 is 2.35 bits per heavy atom. The second-order valence-electron chi connectivity index (χ2n) is 4.14. The van der Waals surface area contributed by atoms with E-state index in [1.807, 2.05) is 30.6 Å². The first kappa shape index (κ1) is 10.5. The van der Waals surface area contributed by atoms with Gasteiger partial charge >= 0.3 is 0 Å². The smallest absolute Gasteiger partial charge is 0.192 e. The van der Waals surface area contributed by atoms with E-state index in [0.717, 1.165) is 34.5 Å². The third kappa shape index (κ3) is 1.74. The third-order valence-corrected chi connectivity index (χ3v) is 3.91. The average Bonchev–Trinajstić information content (AvgIpc) is 2.93. The number of aromatic nitrogens is 2. The fourth-order valence-electron chi connectivity index (χ4n) is 2.17. The van der Waals surface area contributed by atoms with Crippen molar-refractivity contribution >= 4 is 23.2 Å². The normalized spacial score (nSPS) is 17.5. The lowest BCUT2D eigenvalue weighted by molar-refractivity contribution is 0.102. The third-order valence-electron chi connectivity index (χ3n) is 3.09. The molecule has 3 rings (SSSR count). The second kappa shape index (κ2) is 3.96. The first-order valence-electron chi connectivity index (χ1n) is 5.55. The van der Waals surface area contributed by atoms with Gasteiger partial charge in [0.05, 0.1) is 11.8 Å². The summed E-state index contributed by atoms with van der Waals surface area (Å²) in [6.45, 7) is 0. The van der Waals surface area contributed by atoms with Crippen LogP contribution in [0.3, 0.4) is 0 Å². The van der Waals surface area contributed by atoms with E-state index in [4.69, 9.17) is 0 Å². The highest BCUT2D eigenvalue weighted by Gasteiger charge is 2.24. The van der Waals surface area contributed by atoms with Gasteiger partial charge in [-0.3, -0.25) is 9.48 Å². The zero-order valence-electron chi connectivity index (χ0n) is 9.51. The van der Waals surface area contributed by atoms with E-state index in [1.54, 1.807) is 22.2 Å². The topological polar surface area (TPSA) is 34.9 Å². The summed E-state index contributed by atoms with van der Waals surface area (Å²) in [7, 11) is 1.89. The SMILES string of the molecule is Cn1ncc2c1CC/C(=C\c1cccs1)C2=O. The second-order valence-corrected chi connectivity index (χ2v) is 5.12. The minimum absolute atomic E-state index is 0.132. The standard InChI is InChI=1S/C13H12N2OS/c1-15-12-5-4-9(7-10-3-2-6-17-10)13(16)11(12)8-14-15/h2-3,6-8H,4-5H2,1H3/b9-7+. The van der Waals surface area contributed by atoms with E-state index in [-0.39, 0.29) is 5.78 Å². The van der Waals surface area contributed by atoms with Crippen LogP contribution >= 0.6 is 11.3 Å². The number of carbonyl (C=O) groups is 1. The largest absolute Gasteiger partial charge is 0.289 e. The van der Waals surface area contributed by atoms with Gasteiger partial charge in [0.15, 0.2) is 5.78 Å². The fourth-order valence-corrected chi connectivity index (χ4v) is 2.85. The number of carbonyl (C=O) groups excluding carboxylic acids is 1. The van der Waals surface area contributed by atoms with Gasteiger partial charge in [0.2, 0.25) is 0 Å². The monoisotopic (exact) mass is 244 g/mol. The summed E-state index contributed by atoms with van der Waals surface area (Å²) in [4.78, 5) is 13.4. The molecule has 0 atom stereocenters. The summed E-state index contributed by atoms with van der Waals surface area (Å²) in [5.41, 5.74) is 2.72. The molecule has 17 heavy (non-hydrogen) atoms. The van der Waals surface area contributed by atoms with Gasteiger partial charge in [-0.05, 0) is 30.4 Å².